The Labute approximate surface area is 141 Å². The second-order valence-corrected chi connectivity index (χ2v) is 6.28. The van der Waals surface area contributed by atoms with Crippen molar-refractivity contribution in [3.63, 3.8) is 0 Å². The molecule has 3 rings (SSSR count). The number of benzene rings is 2. The summed E-state index contributed by atoms with van der Waals surface area (Å²) in [5.41, 5.74) is 9.11. The van der Waals surface area contributed by atoms with Gasteiger partial charge in [-0.3, -0.25) is 4.79 Å². The van der Waals surface area contributed by atoms with Gasteiger partial charge in [-0.15, -0.1) is 0 Å². The van der Waals surface area contributed by atoms with E-state index in [4.69, 9.17) is 17.3 Å². The molecule has 0 radical (unpaired) electrons. The van der Waals surface area contributed by atoms with Gasteiger partial charge in [0.05, 0.1) is 6.04 Å². The van der Waals surface area contributed by atoms with Crippen LogP contribution in [0.4, 0.5) is 5.69 Å². The number of hydrogen-bond donors (Lipinski definition) is 2. The molecule has 1 unspecified atom stereocenters. The van der Waals surface area contributed by atoms with Crippen LogP contribution in [-0.4, -0.2) is 30.4 Å². The number of hydrogen-bond acceptors (Lipinski definition) is 3. The first-order valence-corrected chi connectivity index (χ1v) is 8.07. The Morgan fingerprint density at radius 3 is 2.91 bits per heavy atom. The largest absolute Gasteiger partial charge is 0.399 e. The smallest absolute Gasteiger partial charge is 0.254 e. The predicted octanol–water partition coefficient (Wildman–Crippen LogP) is 3.02. The highest BCUT2D eigenvalue weighted by Gasteiger charge is 2.29. The molecule has 0 saturated carbocycles. The van der Waals surface area contributed by atoms with E-state index < -0.39 is 0 Å². The standard InChI is InChI=1S/C18H20ClN3O/c1-12-5-6-15(20)10-16(12)18(23)22-8-7-21-11-17(22)13-3-2-4-14(19)9-13/h2-6,9-10,17,21H,7-8,11,20H2,1H3. The zero-order valence-corrected chi connectivity index (χ0v) is 13.8. The molecule has 120 valence electrons. The van der Waals surface area contributed by atoms with Gasteiger partial charge in [0.2, 0.25) is 0 Å². The zero-order valence-electron chi connectivity index (χ0n) is 13.1. The number of nitrogen functional groups attached to an aromatic ring is 1. The molecule has 5 heteroatoms. The number of amides is 1. The average molecular weight is 330 g/mol. The molecule has 23 heavy (non-hydrogen) atoms. The molecule has 1 heterocycles. The lowest BCUT2D eigenvalue weighted by Crippen LogP contribution is -2.48. The third-order valence-electron chi connectivity index (χ3n) is 4.23. The van der Waals surface area contributed by atoms with Crippen LogP contribution < -0.4 is 11.1 Å². The molecule has 4 nitrogen and oxygen atoms in total. The normalized spacial score (nSPS) is 18.0. The van der Waals surface area contributed by atoms with Crippen molar-refractivity contribution < 1.29 is 4.79 Å². The third-order valence-corrected chi connectivity index (χ3v) is 4.46. The average Bonchev–Trinajstić information content (AvgIpc) is 2.56. The Bertz CT molecular complexity index is 732. The molecule has 1 aliphatic rings. The monoisotopic (exact) mass is 329 g/mol. The highest BCUT2D eigenvalue weighted by molar-refractivity contribution is 6.30. The summed E-state index contributed by atoms with van der Waals surface area (Å²) in [6.45, 7) is 4.09. The first-order chi connectivity index (χ1) is 11.1. The molecule has 2 aromatic carbocycles. The van der Waals surface area contributed by atoms with E-state index in [0.29, 0.717) is 29.4 Å². The van der Waals surface area contributed by atoms with Crippen LogP contribution in [0, 0.1) is 6.92 Å². The van der Waals surface area contributed by atoms with Crippen LogP contribution in [0.15, 0.2) is 42.5 Å². The van der Waals surface area contributed by atoms with Crippen molar-refractivity contribution in [3.05, 3.63) is 64.2 Å². The lowest BCUT2D eigenvalue weighted by atomic mass is 10.0. The van der Waals surface area contributed by atoms with Gasteiger partial charge in [-0.25, -0.2) is 0 Å². The molecule has 0 aromatic heterocycles. The number of nitrogens with two attached hydrogens (primary N) is 1. The SMILES string of the molecule is Cc1ccc(N)cc1C(=O)N1CCNCC1c1cccc(Cl)c1. The minimum absolute atomic E-state index is 0.0151. The maximum absolute atomic E-state index is 13.1. The Morgan fingerprint density at radius 1 is 1.30 bits per heavy atom. The van der Waals surface area contributed by atoms with Gasteiger partial charge in [-0.1, -0.05) is 29.8 Å². The second-order valence-electron chi connectivity index (χ2n) is 5.85. The highest BCUT2D eigenvalue weighted by atomic mass is 35.5. The third kappa shape index (κ3) is 3.33. The minimum Gasteiger partial charge on any atom is -0.399 e. The van der Waals surface area contributed by atoms with Crippen LogP contribution in [-0.2, 0) is 0 Å². The first kappa shape index (κ1) is 15.8. The molecule has 1 atom stereocenters. The Kier molecular flexibility index (Phi) is 4.55. The predicted molar refractivity (Wildman–Crippen MR) is 93.7 cm³/mol. The van der Waals surface area contributed by atoms with E-state index >= 15 is 0 Å². The van der Waals surface area contributed by atoms with Crippen molar-refractivity contribution >= 4 is 23.2 Å². The molecule has 1 fully saturated rings. The van der Waals surface area contributed by atoms with E-state index in [2.05, 4.69) is 5.32 Å². The van der Waals surface area contributed by atoms with Gasteiger partial charge in [-0.2, -0.15) is 0 Å². The summed E-state index contributed by atoms with van der Waals surface area (Å²) >= 11 is 6.11. The van der Waals surface area contributed by atoms with Crippen LogP contribution in [0.25, 0.3) is 0 Å². The minimum atomic E-state index is -0.0317. The number of aryl methyl sites for hydroxylation is 1. The van der Waals surface area contributed by atoms with Crippen molar-refractivity contribution in [2.75, 3.05) is 25.4 Å². The summed E-state index contributed by atoms with van der Waals surface area (Å²) in [6.07, 6.45) is 0. The Morgan fingerprint density at radius 2 is 2.13 bits per heavy atom. The fourth-order valence-electron chi connectivity index (χ4n) is 2.98. The van der Waals surface area contributed by atoms with Crippen molar-refractivity contribution in [1.82, 2.24) is 10.2 Å². The second kappa shape index (κ2) is 6.60. The highest BCUT2D eigenvalue weighted by Crippen LogP contribution is 2.27. The lowest BCUT2D eigenvalue weighted by Gasteiger charge is -2.37. The van der Waals surface area contributed by atoms with E-state index in [1.165, 1.54) is 0 Å². The van der Waals surface area contributed by atoms with Crippen LogP contribution >= 0.6 is 11.6 Å². The zero-order chi connectivity index (χ0) is 16.4. The molecule has 0 spiro atoms. The number of nitrogens with one attached hydrogen (secondary N) is 1. The van der Waals surface area contributed by atoms with Crippen molar-refractivity contribution in [1.29, 1.82) is 0 Å². The van der Waals surface area contributed by atoms with Gasteiger partial charge in [0.15, 0.2) is 0 Å². The van der Waals surface area contributed by atoms with Gasteiger partial charge in [0.1, 0.15) is 0 Å². The fourth-order valence-corrected chi connectivity index (χ4v) is 3.18. The van der Waals surface area contributed by atoms with Crippen LogP contribution in [0.1, 0.15) is 27.5 Å². The molecule has 0 aliphatic carbocycles. The number of rotatable bonds is 2. The summed E-state index contributed by atoms with van der Waals surface area (Å²) < 4.78 is 0. The van der Waals surface area contributed by atoms with E-state index in [-0.39, 0.29) is 11.9 Å². The van der Waals surface area contributed by atoms with E-state index in [0.717, 1.165) is 17.7 Å². The number of halogens is 1. The van der Waals surface area contributed by atoms with E-state index in [9.17, 15) is 4.79 Å². The van der Waals surface area contributed by atoms with Gasteiger partial charge < -0.3 is 16.0 Å². The summed E-state index contributed by atoms with van der Waals surface area (Å²) in [6, 6.07) is 13.1. The molecule has 1 saturated heterocycles. The molecule has 1 amide bonds. The summed E-state index contributed by atoms with van der Waals surface area (Å²) in [5, 5.41) is 4.03. The van der Waals surface area contributed by atoms with Gasteiger partial charge >= 0.3 is 0 Å². The summed E-state index contributed by atoms with van der Waals surface area (Å²) in [4.78, 5) is 15.0. The molecule has 3 N–H and O–H groups in total. The van der Waals surface area contributed by atoms with Gasteiger partial charge in [0.25, 0.3) is 5.91 Å². The molecule has 1 aliphatic heterocycles. The Hall–Kier alpha value is -2.04. The van der Waals surface area contributed by atoms with Crippen molar-refractivity contribution in [3.8, 4) is 0 Å². The van der Waals surface area contributed by atoms with Crippen LogP contribution in [0.2, 0.25) is 5.02 Å². The maximum Gasteiger partial charge on any atom is 0.254 e. The molecule has 0 bridgehead atoms. The fraction of sp³-hybridized carbons (Fsp3) is 0.278. The van der Waals surface area contributed by atoms with Crippen LogP contribution in [0.5, 0.6) is 0 Å². The van der Waals surface area contributed by atoms with E-state index in [1.807, 2.05) is 48.2 Å². The van der Waals surface area contributed by atoms with Gasteiger partial charge in [-0.05, 0) is 42.3 Å². The maximum atomic E-state index is 13.1. The van der Waals surface area contributed by atoms with Crippen molar-refractivity contribution in [2.45, 2.75) is 13.0 Å². The summed E-state index contributed by atoms with van der Waals surface area (Å²) in [5.74, 6) is 0.0151. The summed E-state index contributed by atoms with van der Waals surface area (Å²) in [7, 11) is 0. The quantitative estimate of drug-likeness (QED) is 0.833. The number of nitrogens with zero attached hydrogens (tertiary/aromatic N) is 1. The van der Waals surface area contributed by atoms with Crippen molar-refractivity contribution in [2.24, 2.45) is 0 Å². The number of carbonyl (C=O) groups is 1. The Balaban J connectivity index is 1.95. The first-order valence-electron chi connectivity index (χ1n) is 7.69. The molecular formula is C18H20ClN3O. The molecular weight excluding hydrogens is 310 g/mol. The van der Waals surface area contributed by atoms with Gasteiger partial charge in [0, 0.05) is 35.9 Å². The van der Waals surface area contributed by atoms with E-state index in [1.54, 1.807) is 6.07 Å². The topological polar surface area (TPSA) is 58.4 Å². The number of carbonyl (C=O) groups excluding carboxylic acids is 1. The van der Waals surface area contributed by atoms with Crippen LogP contribution in [0.3, 0.4) is 0 Å². The number of anilines is 1. The molecule has 2 aromatic rings. The lowest BCUT2D eigenvalue weighted by molar-refractivity contribution is 0.0633. The number of piperazine rings is 1.